The van der Waals surface area contributed by atoms with E-state index in [4.69, 9.17) is 0 Å². The lowest BCUT2D eigenvalue weighted by Gasteiger charge is -2.33. The van der Waals surface area contributed by atoms with Crippen molar-refractivity contribution >= 4 is 0 Å². The van der Waals surface area contributed by atoms with Crippen LogP contribution in [0.4, 0.5) is 0 Å². The van der Waals surface area contributed by atoms with E-state index >= 15 is 0 Å². The van der Waals surface area contributed by atoms with Crippen LogP contribution in [0.3, 0.4) is 0 Å². The van der Waals surface area contributed by atoms with E-state index in [-0.39, 0.29) is 0 Å². The van der Waals surface area contributed by atoms with E-state index in [1.54, 1.807) is 0 Å². The maximum absolute atomic E-state index is 2.67. The molecule has 0 saturated heterocycles. The SMILES string of the molecule is CCCCCCCCCCCCC1N(CCCCCC)C=CN1CCCCCCCC. The molecule has 1 aliphatic heterocycles. The molecule has 184 valence electrons. The summed E-state index contributed by atoms with van der Waals surface area (Å²) in [4.78, 5) is 5.34. The fourth-order valence-corrected chi connectivity index (χ4v) is 4.95. The number of hydrogen-bond donors (Lipinski definition) is 0. The van der Waals surface area contributed by atoms with Crippen LogP contribution in [0.25, 0.3) is 0 Å². The van der Waals surface area contributed by atoms with Crippen LogP contribution >= 0.6 is 0 Å². The zero-order chi connectivity index (χ0) is 22.4. The summed E-state index contributed by atoms with van der Waals surface area (Å²) in [6.45, 7) is 9.44. The molecule has 1 rings (SSSR count). The summed E-state index contributed by atoms with van der Waals surface area (Å²) in [7, 11) is 0. The summed E-state index contributed by atoms with van der Waals surface area (Å²) in [5.41, 5.74) is 0. The molecule has 0 radical (unpaired) electrons. The third-order valence-corrected chi connectivity index (χ3v) is 7.07. The normalized spacial score (nSPS) is 16.0. The van der Waals surface area contributed by atoms with Crippen LogP contribution in [0, 0.1) is 0 Å². The summed E-state index contributed by atoms with van der Waals surface area (Å²) in [5.74, 6) is 0. The average Bonchev–Trinajstić information content (AvgIpc) is 3.16. The Bertz CT molecular complexity index is 392. The molecule has 0 aliphatic carbocycles. The Hall–Kier alpha value is -0.660. The average molecular weight is 435 g/mol. The van der Waals surface area contributed by atoms with Crippen LogP contribution in [-0.2, 0) is 0 Å². The van der Waals surface area contributed by atoms with Crippen molar-refractivity contribution in [1.29, 1.82) is 0 Å². The zero-order valence-corrected chi connectivity index (χ0v) is 21.9. The van der Waals surface area contributed by atoms with E-state index in [0.717, 1.165) is 0 Å². The molecule has 1 atom stereocenters. The number of rotatable bonds is 23. The molecule has 0 aromatic heterocycles. The first-order valence-electron chi connectivity index (χ1n) is 14.5. The van der Waals surface area contributed by atoms with Gasteiger partial charge in [-0.1, -0.05) is 130 Å². The third-order valence-electron chi connectivity index (χ3n) is 7.07. The molecule has 2 nitrogen and oxygen atoms in total. The maximum Gasteiger partial charge on any atom is 0.101 e. The Balaban J connectivity index is 2.23. The van der Waals surface area contributed by atoms with E-state index in [1.807, 2.05) is 0 Å². The summed E-state index contributed by atoms with van der Waals surface area (Å²) in [5, 5.41) is 0. The minimum atomic E-state index is 0.645. The highest BCUT2D eigenvalue weighted by Crippen LogP contribution is 2.23. The number of unbranched alkanes of at least 4 members (excludes halogenated alkanes) is 17. The van der Waals surface area contributed by atoms with Crippen LogP contribution in [0.2, 0.25) is 0 Å². The van der Waals surface area contributed by atoms with Crippen molar-refractivity contribution in [2.45, 2.75) is 162 Å². The fourth-order valence-electron chi connectivity index (χ4n) is 4.95. The quantitative estimate of drug-likeness (QED) is 0.148. The minimum absolute atomic E-state index is 0.645. The van der Waals surface area contributed by atoms with Gasteiger partial charge >= 0.3 is 0 Å². The molecule has 0 aromatic carbocycles. The predicted molar refractivity (Wildman–Crippen MR) is 140 cm³/mol. The highest BCUT2D eigenvalue weighted by Gasteiger charge is 2.24. The lowest BCUT2D eigenvalue weighted by atomic mass is 10.0. The van der Waals surface area contributed by atoms with Crippen LogP contribution < -0.4 is 0 Å². The first kappa shape index (κ1) is 28.4. The fraction of sp³-hybridized carbons (Fsp3) is 0.931. The van der Waals surface area contributed by atoms with E-state index in [1.165, 1.54) is 148 Å². The van der Waals surface area contributed by atoms with Crippen molar-refractivity contribution in [3.8, 4) is 0 Å². The number of hydrogen-bond acceptors (Lipinski definition) is 2. The van der Waals surface area contributed by atoms with E-state index in [2.05, 4.69) is 43.0 Å². The van der Waals surface area contributed by atoms with Crippen molar-refractivity contribution in [2.24, 2.45) is 0 Å². The highest BCUT2D eigenvalue weighted by atomic mass is 15.4. The lowest BCUT2D eigenvalue weighted by Crippen LogP contribution is -2.39. The van der Waals surface area contributed by atoms with E-state index in [9.17, 15) is 0 Å². The van der Waals surface area contributed by atoms with Crippen LogP contribution in [0.1, 0.15) is 156 Å². The molecule has 0 bridgehead atoms. The van der Waals surface area contributed by atoms with Crippen molar-refractivity contribution < 1.29 is 0 Å². The van der Waals surface area contributed by atoms with Gasteiger partial charge < -0.3 is 9.80 Å². The molecule has 0 saturated carbocycles. The first-order valence-corrected chi connectivity index (χ1v) is 14.5. The van der Waals surface area contributed by atoms with Gasteiger partial charge in [-0.2, -0.15) is 0 Å². The molecular weight excluding hydrogens is 376 g/mol. The molecule has 0 amide bonds. The molecule has 2 heteroatoms. The van der Waals surface area contributed by atoms with Gasteiger partial charge in [0.25, 0.3) is 0 Å². The van der Waals surface area contributed by atoms with E-state index < -0.39 is 0 Å². The number of nitrogens with zero attached hydrogens (tertiary/aromatic N) is 2. The van der Waals surface area contributed by atoms with Crippen LogP contribution in [0.15, 0.2) is 12.4 Å². The summed E-state index contributed by atoms with van der Waals surface area (Å²) in [6.07, 6.45) is 35.1. The molecule has 0 fully saturated rings. The Labute approximate surface area is 197 Å². The predicted octanol–water partition coefficient (Wildman–Crippen LogP) is 9.65. The largest absolute Gasteiger partial charge is 0.356 e. The van der Waals surface area contributed by atoms with Crippen LogP contribution in [-0.4, -0.2) is 29.1 Å². The lowest BCUT2D eigenvalue weighted by molar-refractivity contribution is 0.135. The Kier molecular flexibility index (Phi) is 19.4. The minimum Gasteiger partial charge on any atom is -0.356 e. The van der Waals surface area contributed by atoms with Crippen molar-refractivity contribution in [3.05, 3.63) is 12.4 Å². The van der Waals surface area contributed by atoms with E-state index in [0.29, 0.717) is 6.17 Å². The zero-order valence-electron chi connectivity index (χ0n) is 21.9. The second-order valence-electron chi connectivity index (χ2n) is 10.1. The molecule has 1 unspecified atom stereocenters. The molecule has 1 aliphatic rings. The monoisotopic (exact) mass is 434 g/mol. The summed E-state index contributed by atoms with van der Waals surface area (Å²) >= 11 is 0. The van der Waals surface area contributed by atoms with Gasteiger partial charge in [0.05, 0.1) is 0 Å². The van der Waals surface area contributed by atoms with Gasteiger partial charge in [0.1, 0.15) is 6.17 Å². The smallest absolute Gasteiger partial charge is 0.101 e. The Morgan fingerprint density at radius 3 is 1.16 bits per heavy atom. The van der Waals surface area contributed by atoms with Gasteiger partial charge in [-0.25, -0.2) is 0 Å². The van der Waals surface area contributed by atoms with Crippen molar-refractivity contribution in [1.82, 2.24) is 9.80 Å². The van der Waals surface area contributed by atoms with Gasteiger partial charge in [-0.05, 0) is 25.7 Å². The molecular formula is C29H58N2. The van der Waals surface area contributed by atoms with Gasteiger partial charge in [-0.15, -0.1) is 0 Å². The van der Waals surface area contributed by atoms with Crippen molar-refractivity contribution in [2.75, 3.05) is 13.1 Å². The highest BCUT2D eigenvalue weighted by molar-refractivity contribution is 4.97. The van der Waals surface area contributed by atoms with Crippen LogP contribution in [0.5, 0.6) is 0 Å². The second kappa shape index (κ2) is 21.2. The maximum atomic E-state index is 2.67. The first-order chi connectivity index (χ1) is 15.3. The molecule has 31 heavy (non-hydrogen) atoms. The van der Waals surface area contributed by atoms with Crippen molar-refractivity contribution in [3.63, 3.8) is 0 Å². The Morgan fingerprint density at radius 1 is 0.419 bits per heavy atom. The summed E-state index contributed by atoms with van der Waals surface area (Å²) in [6, 6.07) is 0. The van der Waals surface area contributed by atoms with Gasteiger partial charge in [0, 0.05) is 25.5 Å². The second-order valence-corrected chi connectivity index (χ2v) is 10.1. The molecule has 0 spiro atoms. The summed E-state index contributed by atoms with van der Waals surface area (Å²) < 4.78 is 0. The third kappa shape index (κ3) is 14.9. The molecule has 0 N–H and O–H groups in total. The Morgan fingerprint density at radius 2 is 0.742 bits per heavy atom. The molecule has 1 heterocycles. The standard InChI is InChI=1S/C29H58N2/c1-4-7-10-13-15-16-17-18-19-21-24-29-30(25-22-12-9-6-3)27-28-31(29)26-23-20-14-11-8-5-2/h27-29H,4-26H2,1-3H3. The van der Waals surface area contributed by atoms with Gasteiger partial charge in [0.2, 0.25) is 0 Å². The topological polar surface area (TPSA) is 6.48 Å². The van der Waals surface area contributed by atoms with Gasteiger partial charge in [0.15, 0.2) is 0 Å². The molecule has 0 aromatic rings. The van der Waals surface area contributed by atoms with Gasteiger partial charge in [-0.3, -0.25) is 0 Å².